The molecule has 8 heteroatoms. The molecule has 0 unspecified atom stereocenters. The van der Waals surface area contributed by atoms with Gasteiger partial charge in [0.1, 0.15) is 5.82 Å². The van der Waals surface area contributed by atoms with E-state index < -0.39 is 0 Å². The minimum atomic E-state index is 0.542. The molecule has 0 N–H and O–H groups in total. The van der Waals surface area contributed by atoms with E-state index in [0.29, 0.717) is 17.5 Å². The second kappa shape index (κ2) is 25.4. The van der Waals surface area contributed by atoms with Gasteiger partial charge in [0.25, 0.3) is 0 Å². The zero-order chi connectivity index (χ0) is 69.3. The summed E-state index contributed by atoms with van der Waals surface area (Å²) in [5, 5.41) is 5.74. The lowest BCUT2D eigenvalue weighted by Gasteiger charge is -2.21. The van der Waals surface area contributed by atoms with Crippen molar-refractivity contribution in [3.05, 3.63) is 376 Å². The minimum Gasteiger partial charge on any atom is -0.309 e. The predicted molar refractivity (Wildman–Crippen MR) is 433 cm³/mol. The Bertz CT molecular complexity index is 6400. The summed E-state index contributed by atoms with van der Waals surface area (Å²) >= 11 is 0. The maximum Gasteiger partial charge on any atom is 0.164 e. The van der Waals surface area contributed by atoms with Gasteiger partial charge in [-0.2, -0.15) is 0 Å². The van der Waals surface area contributed by atoms with Crippen molar-refractivity contribution in [1.29, 1.82) is 0 Å². The maximum atomic E-state index is 6.03. The summed E-state index contributed by atoms with van der Waals surface area (Å²) < 4.78 is 7.11. The monoisotopic (exact) mass is 1340 g/mol. The van der Waals surface area contributed by atoms with Crippen LogP contribution >= 0.6 is 0 Å². The lowest BCUT2D eigenvalue weighted by molar-refractivity contribution is 1.07. The largest absolute Gasteiger partial charge is 0.309 e. The van der Waals surface area contributed by atoms with E-state index in [1.54, 1.807) is 0 Å². The van der Waals surface area contributed by atoms with Crippen molar-refractivity contribution in [2.75, 3.05) is 0 Å². The summed E-state index contributed by atoms with van der Waals surface area (Å²) in [4.78, 5) is 27.1. The Hall–Kier alpha value is -14.2. The third-order valence-corrected chi connectivity index (χ3v) is 20.6. The van der Waals surface area contributed by atoms with Crippen LogP contribution in [0.4, 0.5) is 0 Å². The molecule has 6 heterocycles. The summed E-state index contributed by atoms with van der Waals surface area (Å²) in [6, 6.07) is 132. The number of nitrogens with zero attached hydrogens (tertiary/aromatic N) is 8. The van der Waals surface area contributed by atoms with Crippen LogP contribution in [0.3, 0.4) is 0 Å². The standard InChI is InChI=1S/C97H62N8/c1-7-24-63(25-8-1)71-45-53-86-80(58-71)81-59-72(64-26-9-2-10-27-64)46-54-87(81)103(86)75-49-41-67(42-50-75)92-84(77-36-19-20-37-78(77)97-101-95(69-32-15-5-16-33-69)100-96(102-97)70-34-17-6-18-35-70)62-91(105-85-39-22-21-38-79(85)94-90(105)40-23-57-98-94)99-93(92)68-43-51-76(52-44-68)104-88-55-47-73(65-28-11-3-12-29-65)60-82(88)83-61-74(48-56-89(83)104)66-30-13-4-14-31-66/h1-62H. The second-order valence-electron chi connectivity index (χ2n) is 26.7. The van der Waals surface area contributed by atoms with Gasteiger partial charge in [-0.3, -0.25) is 9.55 Å². The molecule has 0 saturated carbocycles. The first-order valence-corrected chi connectivity index (χ1v) is 35.5. The van der Waals surface area contributed by atoms with Crippen molar-refractivity contribution < 1.29 is 0 Å². The summed E-state index contributed by atoms with van der Waals surface area (Å²) in [5.41, 5.74) is 26.8. The first-order valence-electron chi connectivity index (χ1n) is 35.5. The molecule has 14 aromatic carbocycles. The van der Waals surface area contributed by atoms with E-state index in [1.807, 2.05) is 48.7 Å². The lowest BCUT2D eigenvalue weighted by Crippen LogP contribution is -2.05. The molecule has 0 aliphatic carbocycles. The molecule has 0 radical (unpaired) electrons. The van der Waals surface area contributed by atoms with E-state index in [4.69, 9.17) is 24.9 Å². The van der Waals surface area contributed by atoms with Crippen molar-refractivity contribution in [2.45, 2.75) is 0 Å². The minimum absolute atomic E-state index is 0.542. The predicted octanol–water partition coefficient (Wildman–Crippen LogP) is 24.6. The van der Waals surface area contributed by atoms with Gasteiger partial charge in [0.05, 0.1) is 44.3 Å². The Morgan fingerprint density at radius 3 is 1.00 bits per heavy atom. The van der Waals surface area contributed by atoms with E-state index in [1.165, 1.54) is 66.1 Å². The van der Waals surface area contributed by atoms with Gasteiger partial charge in [-0.15, -0.1) is 0 Å². The highest BCUT2D eigenvalue weighted by Crippen LogP contribution is 2.47. The van der Waals surface area contributed by atoms with Crippen LogP contribution in [0.25, 0.3) is 195 Å². The Morgan fingerprint density at radius 2 is 0.552 bits per heavy atom. The number of rotatable bonds is 13. The zero-order valence-electron chi connectivity index (χ0n) is 56.9. The summed E-state index contributed by atoms with van der Waals surface area (Å²) in [5.74, 6) is 2.42. The van der Waals surface area contributed by atoms with Crippen LogP contribution in [0.1, 0.15) is 0 Å². The highest BCUT2D eigenvalue weighted by atomic mass is 15.1. The van der Waals surface area contributed by atoms with Gasteiger partial charge in [-0.25, -0.2) is 19.9 Å². The van der Waals surface area contributed by atoms with Gasteiger partial charge in [-0.1, -0.05) is 273 Å². The molecule has 105 heavy (non-hydrogen) atoms. The van der Waals surface area contributed by atoms with Crippen LogP contribution in [0.2, 0.25) is 0 Å². The molecule has 0 atom stereocenters. The van der Waals surface area contributed by atoms with Crippen molar-refractivity contribution in [3.8, 4) is 129 Å². The van der Waals surface area contributed by atoms with E-state index in [2.05, 4.69) is 341 Å². The number of fused-ring (bicyclic) bond motifs is 9. The summed E-state index contributed by atoms with van der Waals surface area (Å²) in [6.45, 7) is 0. The fraction of sp³-hybridized carbons (Fsp3) is 0. The zero-order valence-corrected chi connectivity index (χ0v) is 56.9. The van der Waals surface area contributed by atoms with Crippen LogP contribution in [-0.4, -0.2) is 38.6 Å². The first-order chi connectivity index (χ1) is 52.1. The fourth-order valence-corrected chi connectivity index (χ4v) is 15.6. The van der Waals surface area contributed by atoms with E-state index >= 15 is 0 Å². The Kier molecular flexibility index (Phi) is 14.7. The van der Waals surface area contributed by atoms with Gasteiger partial charge in [-0.05, 0) is 158 Å². The van der Waals surface area contributed by atoms with Gasteiger partial charge in [0, 0.05) is 72.3 Å². The topological polar surface area (TPSA) is 79.2 Å². The smallest absolute Gasteiger partial charge is 0.164 e. The molecule has 0 bridgehead atoms. The molecular weight excluding hydrogens is 1280 g/mol. The van der Waals surface area contributed by atoms with Crippen LogP contribution in [0, 0.1) is 0 Å². The Labute approximate surface area is 606 Å². The molecule has 0 amide bonds. The highest BCUT2D eigenvalue weighted by molar-refractivity contribution is 6.14. The van der Waals surface area contributed by atoms with Crippen molar-refractivity contribution in [1.82, 2.24) is 38.6 Å². The summed E-state index contributed by atoms with van der Waals surface area (Å²) in [6.07, 6.45) is 1.88. The van der Waals surface area contributed by atoms with E-state index in [-0.39, 0.29) is 0 Å². The number of para-hydroxylation sites is 1. The number of pyridine rings is 2. The summed E-state index contributed by atoms with van der Waals surface area (Å²) in [7, 11) is 0. The number of aromatic nitrogens is 8. The normalized spacial score (nSPS) is 11.6. The van der Waals surface area contributed by atoms with E-state index in [9.17, 15) is 0 Å². The molecule has 0 aliphatic heterocycles. The molecule has 20 aromatic rings. The fourth-order valence-electron chi connectivity index (χ4n) is 15.6. The van der Waals surface area contributed by atoms with Crippen molar-refractivity contribution in [3.63, 3.8) is 0 Å². The first kappa shape index (κ1) is 60.7. The van der Waals surface area contributed by atoms with Crippen LogP contribution in [0.5, 0.6) is 0 Å². The Balaban J connectivity index is 0.835. The lowest BCUT2D eigenvalue weighted by atomic mass is 9.88. The average Bonchev–Trinajstić information content (AvgIpc) is 1.64. The van der Waals surface area contributed by atoms with Crippen molar-refractivity contribution in [2.24, 2.45) is 0 Å². The second-order valence-corrected chi connectivity index (χ2v) is 26.7. The van der Waals surface area contributed by atoms with Gasteiger partial charge in [0.2, 0.25) is 0 Å². The van der Waals surface area contributed by atoms with Gasteiger partial charge >= 0.3 is 0 Å². The molecular formula is C97H62N8. The van der Waals surface area contributed by atoms with Crippen molar-refractivity contribution >= 4 is 65.5 Å². The van der Waals surface area contributed by atoms with Crippen LogP contribution in [0.15, 0.2) is 376 Å². The van der Waals surface area contributed by atoms with E-state index in [0.717, 1.165) is 111 Å². The number of hydrogen-bond acceptors (Lipinski definition) is 5. The quantitative estimate of drug-likeness (QED) is 0.115. The molecule has 0 saturated heterocycles. The molecule has 6 aromatic heterocycles. The highest BCUT2D eigenvalue weighted by Gasteiger charge is 2.26. The number of benzene rings is 14. The molecule has 20 rings (SSSR count). The molecule has 0 fully saturated rings. The van der Waals surface area contributed by atoms with Crippen LogP contribution in [-0.2, 0) is 0 Å². The Morgan fingerprint density at radius 1 is 0.200 bits per heavy atom. The SMILES string of the molecule is c1ccc(-c2ccc3c(c2)c2cc(-c4ccccc4)ccc2n3-c2ccc(-c3nc(-n4c5ccccc5c5ncccc54)cc(-c4ccccc4-c4nc(-c5ccccc5)nc(-c5ccccc5)n4)c3-c3ccc(-n4c5ccc(-c6ccccc6)cc5c5cc(-c6ccccc6)ccc54)cc3)cc2)cc1. The number of hydrogen-bond donors (Lipinski definition) is 0. The molecule has 0 spiro atoms. The van der Waals surface area contributed by atoms with Gasteiger partial charge in [0.15, 0.2) is 17.5 Å². The third kappa shape index (κ3) is 10.7. The van der Waals surface area contributed by atoms with Crippen LogP contribution < -0.4 is 0 Å². The maximum absolute atomic E-state index is 6.03. The molecule has 8 nitrogen and oxygen atoms in total. The van der Waals surface area contributed by atoms with Gasteiger partial charge < -0.3 is 9.13 Å². The molecule has 0 aliphatic rings. The average molecular weight is 1340 g/mol. The molecule has 490 valence electrons. The third-order valence-electron chi connectivity index (χ3n) is 20.6.